The van der Waals surface area contributed by atoms with E-state index in [1.165, 1.54) is 11.1 Å². The van der Waals surface area contributed by atoms with E-state index in [0.717, 1.165) is 28.1 Å². The first kappa shape index (κ1) is 27.8. The fraction of sp³-hybridized carbons (Fsp3) is 0.414. The second-order valence-electron chi connectivity index (χ2n) is 8.20. The summed E-state index contributed by atoms with van der Waals surface area (Å²) in [6, 6.07) is 18.8. The Kier molecular flexibility index (Phi) is 12.4. The molecule has 0 fully saturated rings. The van der Waals surface area contributed by atoms with Crippen LogP contribution < -0.4 is 4.74 Å². The fourth-order valence-corrected chi connectivity index (χ4v) is 3.64. The van der Waals surface area contributed by atoms with Crippen LogP contribution in [0.4, 0.5) is 0 Å². The first-order valence-electron chi connectivity index (χ1n) is 12.2. The maximum Gasteiger partial charge on any atom is 0.126 e. The Labute approximate surface area is 214 Å². The third-order valence-corrected chi connectivity index (χ3v) is 5.48. The van der Waals surface area contributed by atoms with Crippen molar-refractivity contribution in [1.82, 2.24) is 4.98 Å². The van der Waals surface area contributed by atoms with Crippen LogP contribution in [0.15, 0.2) is 60.8 Å². The van der Waals surface area contributed by atoms with E-state index in [2.05, 4.69) is 48.3 Å². The second kappa shape index (κ2) is 16.0. The van der Waals surface area contributed by atoms with Crippen LogP contribution in [0.25, 0.3) is 22.3 Å². The lowest BCUT2D eigenvalue weighted by molar-refractivity contribution is -0.00973. The highest BCUT2D eigenvalue weighted by molar-refractivity contribution is 5.78. The van der Waals surface area contributed by atoms with Gasteiger partial charge in [-0.2, -0.15) is 0 Å². The number of methoxy groups -OCH3 is 2. The van der Waals surface area contributed by atoms with Gasteiger partial charge in [-0.05, 0) is 47.9 Å². The maximum atomic E-state index is 5.76. The summed E-state index contributed by atoms with van der Waals surface area (Å²) >= 11 is 0. The normalized spacial score (nSPS) is 11.1. The molecule has 0 bridgehead atoms. The SMILES string of the molecule is COCCOCCOCCOCCOCc1cc(-c2cc(-c3cccc(C)c3)ccc2OC)ccn1. The third-order valence-electron chi connectivity index (χ3n) is 5.48. The number of aryl methyl sites for hydroxylation is 1. The minimum Gasteiger partial charge on any atom is -0.496 e. The number of rotatable bonds is 17. The van der Waals surface area contributed by atoms with Gasteiger partial charge in [0.25, 0.3) is 0 Å². The fourth-order valence-electron chi connectivity index (χ4n) is 3.64. The van der Waals surface area contributed by atoms with E-state index in [4.69, 9.17) is 28.4 Å². The second-order valence-corrected chi connectivity index (χ2v) is 8.20. The molecule has 3 aromatic rings. The van der Waals surface area contributed by atoms with Gasteiger partial charge in [-0.15, -0.1) is 0 Å². The lowest BCUT2D eigenvalue weighted by atomic mass is 9.97. The molecule has 0 saturated heterocycles. The molecule has 0 aliphatic rings. The van der Waals surface area contributed by atoms with Crippen LogP contribution in [0.1, 0.15) is 11.3 Å². The van der Waals surface area contributed by atoms with E-state index in [0.29, 0.717) is 59.5 Å². The molecule has 0 spiro atoms. The molecule has 0 unspecified atom stereocenters. The predicted octanol–water partition coefficient (Wildman–Crippen LogP) is 4.95. The lowest BCUT2D eigenvalue weighted by Crippen LogP contribution is -2.13. The maximum absolute atomic E-state index is 5.76. The average molecular weight is 496 g/mol. The van der Waals surface area contributed by atoms with Crippen molar-refractivity contribution < 1.29 is 28.4 Å². The molecular formula is C29H37NO6. The predicted molar refractivity (Wildman–Crippen MR) is 140 cm³/mol. The molecule has 2 aromatic carbocycles. The average Bonchev–Trinajstić information content (AvgIpc) is 2.91. The Balaban J connectivity index is 1.44. The van der Waals surface area contributed by atoms with Crippen molar-refractivity contribution in [3.8, 4) is 28.0 Å². The van der Waals surface area contributed by atoms with Gasteiger partial charge in [0.15, 0.2) is 0 Å². The van der Waals surface area contributed by atoms with Crippen LogP contribution in [0, 0.1) is 6.92 Å². The number of aromatic nitrogens is 1. The quantitative estimate of drug-likeness (QED) is 0.246. The summed E-state index contributed by atoms with van der Waals surface area (Å²) in [5, 5.41) is 0. The summed E-state index contributed by atoms with van der Waals surface area (Å²) in [6.45, 7) is 6.82. The van der Waals surface area contributed by atoms with E-state index in [1.54, 1.807) is 20.4 Å². The van der Waals surface area contributed by atoms with Crippen molar-refractivity contribution in [2.75, 3.05) is 67.1 Å². The molecule has 1 heterocycles. The van der Waals surface area contributed by atoms with Crippen molar-refractivity contribution in [2.45, 2.75) is 13.5 Å². The van der Waals surface area contributed by atoms with Crippen LogP contribution in [0.3, 0.4) is 0 Å². The Bertz CT molecular complexity index is 1040. The van der Waals surface area contributed by atoms with E-state index in [-0.39, 0.29) is 0 Å². The van der Waals surface area contributed by atoms with E-state index < -0.39 is 0 Å². The van der Waals surface area contributed by atoms with Crippen molar-refractivity contribution >= 4 is 0 Å². The molecule has 7 nitrogen and oxygen atoms in total. The molecule has 0 radical (unpaired) electrons. The van der Waals surface area contributed by atoms with Gasteiger partial charge in [0, 0.05) is 18.9 Å². The van der Waals surface area contributed by atoms with Gasteiger partial charge >= 0.3 is 0 Å². The Hall–Kier alpha value is -2.81. The third kappa shape index (κ3) is 9.33. The smallest absolute Gasteiger partial charge is 0.126 e. The highest BCUT2D eigenvalue weighted by Crippen LogP contribution is 2.34. The minimum absolute atomic E-state index is 0.409. The molecule has 7 heteroatoms. The number of hydrogen-bond donors (Lipinski definition) is 0. The van der Waals surface area contributed by atoms with Crippen molar-refractivity contribution in [1.29, 1.82) is 0 Å². The molecule has 0 N–H and O–H groups in total. The largest absolute Gasteiger partial charge is 0.496 e. The zero-order valence-corrected chi connectivity index (χ0v) is 21.5. The van der Waals surface area contributed by atoms with Crippen molar-refractivity contribution in [3.63, 3.8) is 0 Å². The van der Waals surface area contributed by atoms with Gasteiger partial charge in [0.1, 0.15) is 5.75 Å². The van der Waals surface area contributed by atoms with Gasteiger partial charge in [0.05, 0.1) is 72.3 Å². The summed E-state index contributed by atoms with van der Waals surface area (Å²) in [7, 11) is 3.34. The van der Waals surface area contributed by atoms with Gasteiger partial charge in [-0.1, -0.05) is 35.9 Å². The van der Waals surface area contributed by atoms with E-state index >= 15 is 0 Å². The number of benzene rings is 2. The number of nitrogens with zero attached hydrogens (tertiary/aromatic N) is 1. The topological polar surface area (TPSA) is 68.3 Å². The molecule has 0 aliphatic carbocycles. The van der Waals surface area contributed by atoms with Crippen molar-refractivity contribution in [2.24, 2.45) is 0 Å². The van der Waals surface area contributed by atoms with Crippen LogP contribution in [-0.4, -0.2) is 72.1 Å². The lowest BCUT2D eigenvalue weighted by Gasteiger charge is -2.13. The zero-order valence-electron chi connectivity index (χ0n) is 21.5. The number of pyridine rings is 1. The molecule has 0 saturated carbocycles. The number of hydrogen-bond acceptors (Lipinski definition) is 7. The first-order valence-corrected chi connectivity index (χ1v) is 12.2. The molecule has 194 valence electrons. The van der Waals surface area contributed by atoms with Gasteiger partial charge in [0.2, 0.25) is 0 Å². The van der Waals surface area contributed by atoms with Crippen LogP contribution in [0.2, 0.25) is 0 Å². The molecule has 3 rings (SSSR count). The van der Waals surface area contributed by atoms with E-state index in [9.17, 15) is 0 Å². The van der Waals surface area contributed by atoms with E-state index in [1.807, 2.05) is 18.2 Å². The highest BCUT2D eigenvalue weighted by atomic mass is 16.6. The first-order chi connectivity index (χ1) is 17.7. The van der Waals surface area contributed by atoms with Gasteiger partial charge in [-0.25, -0.2) is 0 Å². The highest BCUT2D eigenvalue weighted by Gasteiger charge is 2.10. The van der Waals surface area contributed by atoms with Gasteiger partial charge < -0.3 is 28.4 Å². The molecular weight excluding hydrogens is 458 g/mol. The summed E-state index contributed by atoms with van der Waals surface area (Å²) in [5.74, 6) is 0.821. The number of ether oxygens (including phenoxy) is 6. The summed E-state index contributed by atoms with van der Waals surface area (Å²) in [4.78, 5) is 4.46. The molecule has 0 aliphatic heterocycles. The molecule has 36 heavy (non-hydrogen) atoms. The Morgan fingerprint density at radius 2 is 1.31 bits per heavy atom. The van der Waals surface area contributed by atoms with Gasteiger partial charge in [-0.3, -0.25) is 4.98 Å². The summed E-state index contributed by atoms with van der Waals surface area (Å²) < 4.78 is 32.7. The molecule has 1 aromatic heterocycles. The summed E-state index contributed by atoms with van der Waals surface area (Å²) in [6.07, 6.45) is 1.81. The Morgan fingerprint density at radius 1 is 0.639 bits per heavy atom. The minimum atomic E-state index is 0.409. The monoisotopic (exact) mass is 495 g/mol. The zero-order chi connectivity index (χ0) is 25.4. The van der Waals surface area contributed by atoms with Crippen LogP contribution in [-0.2, 0) is 30.3 Å². The van der Waals surface area contributed by atoms with Crippen molar-refractivity contribution in [3.05, 3.63) is 72.1 Å². The van der Waals surface area contributed by atoms with Crippen LogP contribution in [0.5, 0.6) is 5.75 Å². The van der Waals surface area contributed by atoms with Crippen LogP contribution >= 0.6 is 0 Å². The summed E-state index contributed by atoms with van der Waals surface area (Å²) in [5.41, 5.74) is 6.46. The molecule has 0 atom stereocenters. The molecule has 0 amide bonds. The standard InChI is InChI=1S/C29H37NO6/c1-23-5-4-6-24(19-23)25-7-8-29(32-3)28(21-25)26-9-10-30-27(20-26)22-36-18-17-35-16-15-34-14-13-33-12-11-31-2/h4-10,19-21H,11-18,22H2,1-3H3. The Morgan fingerprint density at radius 3 is 1.97 bits per heavy atom.